The number of aliphatic imine (C=N–C) groups is 1. The van der Waals surface area contributed by atoms with Crippen LogP contribution in [0.25, 0.3) is 0 Å². The summed E-state index contributed by atoms with van der Waals surface area (Å²) in [5.74, 6) is 0.0991. The van der Waals surface area contributed by atoms with Gasteiger partial charge < -0.3 is 20.7 Å². The summed E-state index contributed by atoms with van der Waals surface area (Å²) >= 11 is 0. The summed E-state index contributed by atoms with van der Waals surface area (Å²) in [4.78, 5) is 6.71. The van der Waals surface area contributed by atoms with Crippen LogP contribution in [0.4, 0.5) is 15.8 Å². The van der Waals surface area contributed by atoms with Gasteiger partial charge in [-0.2, -0.15) is 0 Å². The summed E-state index contributed by atoms with van der Waals surface area (Å²) < 4.78 is 19.3. The first kappa shape index (κ1) is 21.8. The monoisotopic (exact) mass is 510 g/mol. The van der Waals surface area contributed by atoms with Gasteiger partial charge in [-0.1, -0.05) is 12.1 Å². The highest BCUT2D eigenvalue weighted by atomic mass is 127. The Labute approximate surface area is 188 Å². The van der Waals surface area contributed by atoms with Crippen LogP contribution in [0.5, 0.6) is 0 Å². The number of fused-ring (bicyclic) bond motifs is 1. The molecule has 0 bridgehead atoms. The third-order valence-corrected chi connectivity index (χ3v) is 5.47. The van der Waals surface area contributed by atoms with E-state index in [0.717, 1.165) is 42.9 Å². The maximum absolute atomic E-state index is 13.8. The Bertz CT molecular complexity index is 868. The fourth-order valence-corrected chi connectivity index (χ4v) is 4.04. The Kier molecular flexibility index (Phi) is 7.71. The predicted octanol–water partition coefficient (Wildman–Crippen LogP) is 4.09. The molecule has 2 aliphatic rings. The number of aryl methyl sites for hydroxylation is 1. The average Bonchev–Trinajstić information content (AvgIpc) is 2.73. The smallest absolute Gasteiger partial charge is 0.193 e. The molecule has 3 N–H and O–H groups in total. The molecule has 0 unspecified atom stereocenters. The molecule has 0 aromatic heterocycles. The van der Waals surface area contributed by atoms with Gasteiger partial charge in [-0.25, -0.2) is 9.38 Å². The summed E-state index contributed by atoms with van der Waals surface area (Å²) in [7, 11) is 0. The molecule has 1 heterocycles. The van der Waals surface area contributed by atoms with Crippen molar-refractivity contribution in [2.45, 2.75) is 32.2 Å². The summed E-state index contributed by atoms with van der Waals surface area (Å²) in [5, 5.41) is 3.25. The van der Waals surface area contributed by atoms with Gasteiger partial charge in [0.2, 0.25) is 0 Å². The van der Waals surface area contributed by atoms with Crippen molar-refractivity contribution in [3.63, 3.8) is 0 Å². The van der Waals surface area contributed by atoms with Gasteiger partial charge in [0.25, 0.3) is 0 Å². The molecule has 2 aromatic rings. The molecule has 7 heteroatoms. The molecule has 1 fully saturated rings. The van der Waals surface area contributed by atoms with Crippen LogP contribution < -0.4 is 16.0 Å². The zero-order chi connectivity index (χ0) is 19.3. The van der Waals surface area contributed by atoms with Crippen molar-refractivity contribution in [2.24, 2.45) is 10.7 Å². The lowest BCUT2D eigenvalue weighted by Gasteiger charge is -2.30. The minimum atomic E-state index is -0.258. The second kappa shape index (κ2) is 10.2. The number of anilines is 2. The molecule has 2 aromatic carbocycles. The van der Waals surface area contributed by atoms with Crippen LogP contribution in [0, 0.1) is 5.82 Å². The SMILES string of the molecule is I.NC(=NCc1cc(F)ccc1N1CCOCC1)Nc1cccc2c1CCCC2. The van der Waals surface area contributed by atoms with E-state index in [0.29, 0.717) is 25.7 Å². The maximum Gasteiger partial charge on any atom is 0.193 e. The highest BCUT2D eigenvalue weighted by Gasteiger charge is 2.16. The Hall–Kier alpha value is -1.87. The van der Waals surface area contributed by atoms with Crippen LogP contribution in [0.1, 0.15) is 29.5 Å². The summed E-state index contributed by atoms with van der Waals surface area (Å²) in [6, 6.07) is 11.2. The number of nitrogens with zero attached hydrogens (tertiary/aromatic N) is 2. The van der Waals surface area contributed by atoms with Gasteiger partial charge in [0.1, 0.15) is 5.82 Å². The normalized spacial score (nSPS) is 16.7. The number of ether oxygens (including phenoxy) is 1. The number of guanidine groups is 1. The standard InChI is InChI=1S/C22H27FN4O.HI/c23-18-8-9-21(27-10-12-28-13-11-27)17(14-18)15-25-22(24)26-20-7-3-5-16-4-1-2-6-19(16)20;/h3,5,7-9,14H,1-2,4,6,10-13,15H2,(H3,24,25,26);1H. The molecule has 0 saturated carbocycles. The highest BCUT2D eigenvalue weighted by molar-refractivity contribution is 14.0. The molecule has 1 aliphatic carbocycles. The molecule has 0 amide bonds. The fourth-order valence-electron chi connectivity index (χ4n) is 4.04. The highest BCUT2D eigenvalue weighted by Crippen LogP contribution is 2.28. The van der Waals surface area contributed by atoms with Crippen molar-refractivity contribution in [3.8, 4) is 0 Å². The first-order chi connectivity index (χ1) is 13.7. The topological polar surface area (TPSA) is 62.9 Å². The van der Waals surface area contributed by atoms with Crippen molar-refractivity contribution >= 4 is 41.3 Å². The van der Waals surface area contributed by atoms with E-state index < -0.39 is 0 Å². The minimum Gasteiger partial charge on any atom is -0.378 e. The van der Waals surface area contributed by atoms with E-state index in [1.165, 1.54) is 30.0 Å². The molecule has 1 aliphatic heterocycles. The summed E-state index contributed by atoms with van der Waals surface area (Å²) in [5.41, 5.74) is 11.8. The lowest BCUT2D eigenvalue weighted by Crippen LogP contribution is -2.36. The largest absolute Gasteiger partial charge is 0.378 e. The molecule has 1 saturated heterocycles. The van der Waals surface area contributed by atoms with Crippen molar-refractivity contribution < 1.29 is 9.13 Å². The van der Waals surface area contributed by atoms with E-state index in [2.05, 4.69) is 27.3 Å². The lowest BCUT2D eigenvalue weighted by molar-refractivity contribution is 0.122. The van der Waals surface area contributed by atoms with Crippen LogP contribution in [0.3, 0.4) is 0 Å². The number of benzene rings is 2. The first-order valence-electron chi connectivity index (χ1n) is 9.99. The Morgan fingerprint density at radius 1 is 1.14 bits per heavy atom. The molecule has 156 valence electrons. The van der Waals surface area contributed by atoms with Gasteiger partial charge >= 0.3 is 0 Å². The van der Waals surface area contributed by atoms with E-state index in [-0.39, 0.29) is 29.8 Å². The second-order valence-electron chi connectivity index (χ2n) is 7.35. The van der Waals surface area contributed by atoms with E-state index in [1.807, 2.05) is 12.1 Å². The van der Waals surface area contributed by atoms with Crippen LogP contribution >= 0.6 is 24.0 Å². The lowest BCUT2D eigenvalue weighted by atomic mass is 9.90. The Balaban J connectivity index is 0.00000240. The van der Waals surface area contributed by atoms with Crippen LogP contribution in [-0.2, 0) is 24.1 Å². The Morgan fingerprint density at radius 3 is 2.76 bits per heavy atom. The first-order valence-corrected chi connectivity index (χ1v) is 9.99. The third-order valence-electron chi connectivity index (χ3n) is 5.47. The molecule has 4 rings (SSSR count). The quantitative estimate of drug-likeness (QED) is 0.370. The number of morpholine rings is 1. The summed E-state index contributed by atoms with van der Waals surface area (Å²) in [6.07, 6.45) is 4.63. The molecule has 0 spiro atoms. The van der Waals surface area contributed by atoms with Gasteiger partial charge in [-0.05, 0) is 66.6 Å². The number of halogens is 2. The number of hydrogen-bond acceptors (Lipinski definition) is 3. The third kappa shape index (κ3) is 5.39. The number of hydrogen-bond donors (Lipinski definition) is 2. The second-order valence-corrected chi connectivity index (χ2v) is 7.35. The predicted molar refractivity (Wildman–Crippen MR) is 127 cm³/mol. The van der Waals surface area contributed by atoms with Gasteiger partial charge in [0, 0.05) is 24.5 Å². The van der Waals surface area contributed by atoms with E-state index in [1.54, 1.807) is 6.07 Å². The number of nitrogens with two attached hydrogens (primary N) is 1. The van der Waals surface area contributed by atoms with Crippen LogP contribution in [-0.4, -0.2) is 32.3 Å². The van der Waals surface area contributed by atoms with Crippen molar-refractivity contribution in [1.29, 1.82) is 0 Å². The van der Waals surface area contributed by atoms with Crippen LogP contribution in [0.2, 0.25) is 0 Å². The summed E-state index contributed by atoms with van der Waals surface area (Å²) in [6.45, 7) is 3.29. The molecular formula is C22H28FIN4O. The van der Waals surface area contributed by atoms with Gasteiger partial charge in [-0.15, -0.1) is 24.0 Å². The molecule has 29 heavy (non-hydrogen) atoms. The van der Waals surface area contributed by atoms with Crippen molar-refractivity contribution in [2.75, 3.05) is 36.5 Å². The molecule has 0 atom stereocenters. The number of nitrogens with one attached hydrogen (secondary N) is 1. The van der Waals surface area contributed by atoms with Crippen molar-refractivity contribution in [1.82, 2.24) is 0 Å². The minimum absolute atomic E-state index is 0. The maximum atomic E-state index is 13.8. The number of rotatable bonds is 4. The Morgan fingerprint density at radius 2 is 1.93 bits per heavy atom. The fraction of sp³-hybridized carbons (Fsp3) is 0.409. The molecular weight excluding hydrogens is 482 g/mol. The zero-order valence-corrected chi connectivity index (χ0v) is 18.8. The average molecular weight is 510 g/mol. The van der Waals surface area contributed by atoms with Gasteiger partial charge in [-0.3, -0.25) is 0 Å². The molecule has 0 radical (unpaired) electrons. The van der Waals surface area contributed by atoms with E-state index >= 15 is 0 Å². The molecule has 5 nitrogen and oxygen atoms in total. The van der Waals surface area contributed by atoms with E-state index in [4.69, 9.17) is 10.5 Å². The zero-order valence-electron chi connectivity index (χ0n) is 16.5. The van der Waals surface area contributed by atoms with Gasteiger partial charge in [0.05, 0.1) is 19.8 Å². The van der Waals surface area contributed by atoms with Gasteiger partial charge in [0.15, 0.2) is 5.96 Å². The van der Waals surface area contributed by atoms with Crippen molar-refractivity contribution in [3.05, 3.63) is 58.9 Å². The van der Waals surface area contributed by atoms with E-state index in [9.17, 15) is 4.39 Å². The van der Waals surface area contributed by atoms with Crippen LogP contribution in [0.15, 0.2) is 41.4 Å².